The summed E-state index contributed by atoms with van der Waals surface area (Å²) in [6, 6.07) is 8.74. The topological polar surface area (TPSA) is 97.5 Å². The molecule has 1 rings (SSSR count). The first-order valence-electron chi connectivity index (χ1n) is 5.27. The average molecular weight is 269 g/mol. The molecule has 0 saturated heterocycles. The molecule has 0 aliphatic carbocycles. The molecule has 1 amide bonds. The summed E-state index contributed by atoms with van der Waals surface area (Å²) in [6.45, 7) is 3.50. The van der Waals surface area contributed by atoms with Crippen LogP contribution in [0, 0.1) is 0 Å². The van der Waals surface area contributed by atoms with E-state index in [0.29, 0.717) is 5.56 Å². The van der Waals surface area contributed by atoms with Gasteiger partial charge in [-0.05, 0) is 12.0 Å². The fraction of sp³-hybridized carbons (Fsp3) is 0.250. The number of nitrogens with two attached hydrogens (primary N) is 1. The van der Waals surface area contributed by atoms with Gasteiger partial charge in [-0.1, -0.05) is 36.9 Å². The Bertz CT molecular complexity index is 536. The summed E-state index contributed by atoms with van der Waals surface area (Å²) in [7, 11) is -4.14. The lowest BCUT2D eigenvalue weighted by atomic mass is 9.94. The summed E-state index contributed by atoms with van der Waals surface area (Å²) in [5.41, 5.74) is 5.91. The second-order valence-electron chi connectivity index (χ2n) is 4.03. The molecule has 5 nitrogen and oxygen atoms in total. The van der Waals surface area contributed by atoms with Crippen molar-refractivity contribution in [3.8, 4) is 0 Å². The van der Waals surface area contributed by atoms with Crippen LogP contribution in [-0.4, -0.2) is 24.6 Å². The molecule has 0 radical (unpaired) electrons. The Labute approximate surface area is 106 Å². The van der Waals surface area contributed by atoms with E-state index in [9.17, 15) is 13.2 Å². The van der Waals surface area contributed by atoms with Crippen molar-refractivity contribution in [1.82, 2.24) is 0 Å². The summed E-state index contributed by atoms with van der Waals surface area (Å²) in [4.78, 5) is 10.9. The number of benzene rings is 1. The molecule has 0 spiro atoms. The Balaban J connectivity index is 2.96. The Kier molecular flexibility index (Phi) is 4.63. The highest BCUT2D eigenvalue weighted by Crippen LogP contribution is 2.24. The fourth-order valence-electron chi connectivity index (χ4n) is 1.65. The molecular weight excluding hydrogens is 254 g/mol. The normalized spacial score (nSPS) is 12.9. The summed E-state index contributed by atoms with van der Waals surface area (Å²) >= 11 is 0. The van der Waals surface area contributed by atoms with Crippen molar-refractivity contribution in [1.29, 1.82) is 0 Å². The highest BCUT2D eigenvalue weighted by atomic mass is 32.2. The maximum absolute atomic E-state index is 11.0. The van der Waals surface area contributed by atoms with Gasteiger partial charge < -0.3 is 5.73 Å². The number of carbonyl (C=O) groups excluding carboxylic acids is 1. The molecule has 1 aromatic carbocycles. The minimum absolute atomic E-state index is 0.0964. The highest BCUT2D eigenvalue weighted by Gasteiger charge is 2.21. The molecule has 0 aromatic heterocycles. The smallest absolute Gasteiger partial charge is 0.265 e. The molecule has 18 heavy (non-hydrogen) atoms. The van der Waals surface area contributed by atoms with Gasteiger partial charge in [-0.3, -0.25) is 9.35 Å². The van der Waals surface area contributed by atoms with Gasteiger partial charge in [0, 0.05) is 11.5 Å². The van der Waals surface area contributed by atoms with Gasteiger partial charge in [0.2, 0.25) is 5.91 Å². The Hall–Kier alpha value is -1.66. The third-order valence-corrected chi connectivity index (χ3v) is 3.35. The van der Waals surface area contributed by atoms with Crippen molar-refractivity contribution in [2.24, 2.45) is 5.73 Å². The molecule has 0 heterocycles. The van der Waals surface area contributed by atoms with Crippen LogP contribution in [0.3, 0.4) is 0 Å². The van der Waals surface area contributed by atoms with E-state index in [1.807, 2.05) is 0 Å². The largest absolute Gasteiger partial charge is 0.366 e. The molecule has 98 valence electrons. The number of primary amides is 1. The van der Waals surface area contributed by atoms with Gasteiger partial charge in [-0.2, -0.15) is 8.42 Å². The Morgan fingerprint density at radius 2 is 1.89 bits per heavy atom. The third kappa shape index (κ3) is 4.68. The van der Waals surface area contributed by atoms with Crippen molar-refractivity contribution in [3.05, 3.63) is 48.0 Å². The SMILES string of the molecule is C=C(CC(CS(=O)(=O)O)c1ccccc1)C(N)=O. The predicted octanol–water partition coefficient (Wildman–Crippen LogP) is 1.09. The number of hydrogen-bond donors (Lipinski definition) is 2. The molecule has 1 atom stereocenters. The maximum atomic E-state index is 11.0. The van der Waals surface area contributed by atoms with Crippen LogP contribution in [0.2, 0.25) is 0 Å². The molecule has 0 saturated carbocycles. The van der Waals surface area contributed by atoms with Crippen molar-refractivity contribution in [2.45, 2.75) is 12.3 Å². The van der Waals surface area contributed by atoms with Crippen molar-refractivity contribution in [3.63, 3.8) is 0 Å². The number of amides is 1. The quantitative estimate of drug-likeness (QED) is 0.596. The molecule has 0 fully saturated rings. The molecule has 0 bridgehead atoms. The molecule has 6 heteroatoms. The van der Waals surface area contributed by atoms with Gasteiger partial charge in [-0.15, -0.1) is 0 Å². The molecule has 1 aromatic rings. The first-order valence-corrected chi connectivity index (χ1v) is 6.88. The number of carbonyl (C=O) groups is 1. The second-order valence-corrected chi connectivity index (χ2v) is 5.53. The summed E-state index contributed by atoms with van der Waals surface area (Å²) in [5, 5.41) is 0. The average Bonchev–Trinajstić information content (AvgIpc) is 2.27. The minimum Gasteiger partial charge on any atom is -0.366 e. The zero-order chi connectivity index (χ0) is 13.8. The highest BCUT2D eigenvalue weighted by molar-refractivity contribution is 7.85. The molecule has 0 aliphatic rings. The van der Waals surface area contributed by atoms with E-state index in [2.05, 4.69) is 6.58 Å². The molecule has 1 unspecified atom stereocenters. The predicted molar refractivity (Wildman–Crippen MR) is 68.6 cm³/mol. The van der Waals surface area contributed by atoms with Crippen LogP contribution in [0.15, 0.2) is 42.5 Å². The van der Waals surface area contributed by atoms with Gasteiger partial charge in [-0.25, -0.2) is 0 Å². The zero-order valence-corrected chi connectivity index (χ0v) is 10.6. The first-order chi connectivity index (χ1) is 8.29. The minimum atomic E-state index is -4.14. The summed E-state index contributed by atoms with van der Waals surface area (Å²) in [6.07, 6.45) is 0.0964. The van der Waals surface area contributed by atoms with Crippen LogP contribution < -0.4 is 5.73 Å². The van der Waals surface area contributed by atoms with Crippen LogP contribution in [0.5, 0.6) is 0 Å². The lowest BCUT2D eigenvalue weighted by molar-refractivity contribution is -0.114. The number of rotatable bonds is 6. The molecule has 3 N–H and O–H groups in total. The van der Waals surface area contributed by atoms with E-state index >= 15 is 0 Å². The standard InChI is InChI=1S/C12H15NO4S/c1-9(12(13)14)7-11(8-18(15,16)17)10-5-3-2-4-6-10/h2-6,11H,1,7-8H2,(H2,13,14)(H,15,16,17). The van der Waals surface area contributed by atoms with E-state index in [4.69, 9.17) is 10.3 Å². The maximum Gasteiger partial charge on any atom is 0.265 e. The van der Waals surface area contributed by atoms with Gasteiger partial charge in [0.25, 0.3) is 10.1 Å². The first kappa shape index (κ1) is 14.4. The number of hydrogen-bond acceptors (Lipinski definition) is 3. The van der Waals surface area contributed by atoms with Gasteiger partial charge in [0.1, 0.15) is 0 Å². The van der Waals surface area contributed by atoms with Crippen LogP contribution in [-0.2, 0) is 14.9 Å². The van der Waals surface area contributed by atoms with Gasteiger partial charge in [0.05, 0.1) is 5.75 Å². The fourth-order valence-corrected chi connectivity index (χ4v) is 2.47. The van der Waals surface area contributed by atoms with Crippen LogP contribution in [0.4, 0.5) is 0 Å². The lowest BCUT2D eigenvalue weighted by Crippen LogP contribution is -2.19. The summed E-state index contributed by atoms with van der Waals surface area (Å²) in [5.74, 6) is -1.68. The van der Waals surface area contributed by atoms with Gasteiger partial charge >= 0.3 is 0 Å². The van der Waals surface area contributed by atoms with Crippen LogP contribution in [0.25, 0.3) is 0 Å². The third-order valence-electron chi connectivity index (χ3n) is 2.52. The van der Waals surface area contributed by atoms with Crippen LogP contribution >= 0.6 is 0 Å². The molecular formula is C12H15NO4S. The molecule has 0 aliphatic heterocycles. The Morgan fingerprint density at radius 3 is 2.33 bits per heavy atom. The monoisotopic (exact) mass is 269 g/mol. The van der Waals surface area contributed by atoms with E-state index < -0.39 is 27.7 Å². The van der Waals surface area contributed by atoms with Crippen molar-refractivity contribution >= 4 is 16.0 Å². The lowest BCUT2D eigenvalue weighted by Gasteiger charge is -2.16. The van der Waals surface area contributed by atoms with Crippen molar-refractivity contribution < 1.29 is 17.8 Å². The zero-order valence-electron chi connectivity index (χ0n) is 9.74. The van der Waals surface area contributed by atoms with E-state index in [0.717, 1.165) is 0 Å². The van der Waals surface area contributed by atoms with Gasteiger partial charge in [0.15, 0.2) is 0 Å². The van der Waals surface area contributed by atoms with Crippen LogP contribution in [0.1, 0.15) is 17.9 Å². The summed E-state index contributed by atoms with van der Waals surface area (Å²) < 4.78 is 30.9. The Morgan fingerprint density at radius 1 is 1.33 bits per heavy atom. The van der Waals surface area contributed by atoms with E-state index in [1.165, 1.54) is 0 Å². The van der Waals surface area contributed by atoms with Crippen molar-refractivity contribution in [2.75, 3.05) is 5.75 Å². The second kappa shape index (κ2) is 5.79. The van der Waals surface area contributed by atoms with E-state index in [-0.39, 0.29) is 12.0 Å². The van der Waals surface area contributed by atoms with E-state index in [1.54, 1.807) is 30.3 Å².